The van der Waals surface area contributed by atoms with E-state index in [1.165, 1.54) is 26.2 Å². The molecule has 0 spiro atoms. The van der Waals surface area contributed by atoms with E-state index in [1.54, 1.807) is 30.3 Å². The van der Waals surface area contributed by atoms with Crippen LogP contribution in [0, 0.1) is 0 Å². The fraction of sp³-hybridized carbons (Fsp3) is 0.286. The van der Waals surface area contributed by atoms with E-state index < -0.39 is 12.6 Å². The van der Waals surface area contributed by atoms with Gasteiger partial charge in [-0.1, -0.05) is 0 Å². The van der Waals surface area contributed by atoms with Crippen LogP contribution in [0.25, 0.3) is 0 Å². The van der Waals surface area contributed by atoms with Crippen LogP contribution >= 0.6 is 0 Å². The third kappa shape index (κ3) is 5.47. The number of ether oxygens (including phenoxy) is 2. The molecule has 29 heavy (non-hydrogen) atoms. The summed E-state index contributed by atoms with van der Waals surface area (Å²) in [5.74, 6) is -0.690. The Hall–Kier alpha value is -3.55. The van der Waals surface area contributed by atoms with Crippen LogP contribution in [0.4, 0.5) is 5.69 Å². The molecule has 1 amide bonds. The number of methoxy groups -OCH3 is 1. The van der Waals surface area contributed by atoms with Crippen LogP contribution in [0.5, 0.6) is 11.5 Å². The summed E-state index contributed by atoms with van der Waals surface area (Å²) in [4.78, 5) is 25.2. The van der Waals surface area contributed by atoms with Gasteiger partial charge in [-0.2, -0.15) is 5.10 Å². The molecule has 2 aromatic rings. The molecule has 1 saturated heterocycles. The van der Waals surface area contributed by atoms with Crippen molar-refractivity contribution in [3.05, 3.63) is 53.6 Å². The van der Waals surface area contributed by atoms with Crippen molar-refractivity contribution >= 4 is 23.8 Å². The van der Waals surface area contributed by atoms with Crippen LogP contribution in [-0.2, 0) is 4.79 Å². The monoisotopic (exact) mass is 397 g/mol. The smallest absolute Gasteiger partial charge is 0.341 e. The topological polar surface area (TPSA) is 100 Å². The maximum Gasteiger partial charge on any atom is 0.341 e. The highest BCUT2D eigenvalue weighted by Crippen LogP contribution is 2.27. The predicted molar refractivity (Wildman–Crippen MR) is 109 cm³/mol. The van der Waals surface area contributed by atoms with E-state index in [0.29, 0.717) is 22.6 Å². The number of hydrazone groups is 1. The minimum Gasteiger partial charge on any atom is -0.493 e. The van der Waals surface area contributed by atoms with Gasteiger partial charge < -0.3 is 19.5 Å². The molecule has 2 N–H and O–H groups in total. The average Bonchev–Trinajstić information content (AvgIpc) is 3.27. The van der Waals surface area contributed by atoms with Gasteiger partial charge in [0.1, 0.15) is 0 Å². The number of benzene rings is 2. The second-order valence-corrected chi connectivity index (χ2v) is 6.53. The van der Waals surface area contributed by atoms with Crippen molar-refractivity contribution in [1.29, 1.82) is 0 Å². The normalized spacial score (nSPS) is 13.5. The van der Waals surface area contributed by atoms with Crippen molar-refractivity contribution in [2.45, 2.75) is 12.8 Å². The summed E-state index contributed by atoms with van der Waals surface area (Å²) < 4.78 is 10.3. The molecule has 1 aliphatic rings. The molecule has 8 heteroatoms. The predicted octanol–water partition coefficient (Wildman–Crippen LogP) is 2.52. The Morgan fingerprint density at radius 1 is 1.14 bits per heavy atom. The molecular weight excluding hydrogens is 374 g/mol. The van der Waals surface area contributed by atoms with E-state index in [0.717, 1.165) is 18.8 Å². The quantitative estimate of drug-likeness (QED) is 0.524. The fourth-order valence-corrected chi connectivity index (χ4v) is 3.05. The van der Waals surface area contributed by atoms with Crippen molar-refractivity contribution in [2.75, 3.05) is 31.7 Å². The third-order valence-electron chi connectivity index (χ3n) is 4.52. The van der Waals surface area contributed by atoms with E-state index in [-0.39, 0.29) is 5.91 Å². The van der Waals surface area contributed by atoms with Gasteiger partial charge in [-0.3, -0.25) is 4.79 Å². The molecule has 1 heterocycles. The number of nitrogens with one attached hydrogen (secondary N) is 1. The molecular formula is C21H23N3O5. The van der Waals surface area contributed by atoms with Crippen LogP contribution < -0.4 is 19.8 Å². The van der Waals surface area contributed by atoms with E-state index in [4.69, 9.17) is 14.6 Å². The Kier molecular flexibility index (Phi) is 6.67. The molecule has 2 aromatic carbocycles. The lowest BCUT2D eigenvalue weighted by Gasteiger charge is -2.17. The third-order valence-corrected chi connectivity index (χ3v) is 4.52. The molecule has 0 unspecified atom stereocenters. The number of aliphatic carboxylic acids is 1. The first kappa shape index (κ1) is 20.2. The van der Waals surface area contributed by atoms with Gasteiger partial charge in [0.2, 0.25) is 0 Å². The molecule has 152 valence electrons. The summed E-state index contributed by atoms with van der Waals surface area (Å²) >= 11 is 0. The van der Waals surface area contributed by atoms with Gasteiger partial charge in [-0.15, -0.1) is 0 Å². The van der Waals surface area contributed by atoms with Crippen molar-refractivity contribution < 1.29 is 24.2 Å². The van der Waals surface area contributed by atoms with Crippen LogP contribution in [0.15, 0.2) is 47.6 Å². The summed E-state index contributed by atoms with van der Waals surface area (Å²) in [6.45, 7) is 1.65. The Morgan fingerprint density at radius 2 is 1.86 bits per heavy atom. The minimum atomic E-state index is -1.08. The number of nitrogens with zero attached hydrogens (tertiary/aromatic N) is 2. The highest BCUT2D eigenvalue weighted by molar-refractivity contribution is 5.95. The number of anilines is 1. The zero-order valence-corrected chi connectivity index (χ0v) is 16.1. The first-order chi connectivity index (χ1) is 14.1. The molecule has 8 nitrogen and oxygen atoms in total. The molecule has 1 aliphatic heterocycles. The summed E-state index contributed by atoms with van der Waals surface area (Å²) in [6, 6.07) is 12.4. The lowest BCUT2D eigenvalue weighted by Crippen LogP contribution is -2.19. The number of amides is 1. The lowest BCUT2D eigenvalue weighted by molar-refractivity contribution is -0.139. The van der Waals surface area contributed by atoms with Gasteiger partial charge in [0.05, 0.1) is 13.3 Å². The minimum absolute atomic E-state index is 0.303. The largest absolute Gasteiger partial charge is 0.493 e. The zero-order chi connectivity index (χ0) is 20.6. The highest BCUT2D eigenvalue weighted by Gasteiger charge is 2.13. The van der Waals surface area contributed by atoms with E-state index in [9.17, 15) is 9.59 Å². The number of hydrogen-bond acceptors (Lipinski definition) is 6. The van der Waals surface area contributed by atoms with Gasteiger partial charge in [-0.05, 0) is 60.9 Å². The summed E-state index contributed by atoms with van der Waals surface area (Å²) in [5.41, 5.74) is 4.81. The lowest BCUT2D eigenvalue weighted by atomic mass is 10.2. The van der Waals surface area contributed by atoms with Gasteiger partial charge in [-0.25, -0.2) is 10.2 Å². The van der Waals surface area contributed by atoms with Crippen molar-refractivity contribution in [1.82, 2.24) is 5.43 Å². The van der Waals surface area contributed by atoms with E-state index in [2.05, 4.69) is 15.4 Å². The second-order valence-electron chi connectivity index (χ2n) is 6.53. The SMILES string of the molecule is COc1cc(/C=N\NC(=O)c2ccc(N3CCCC3)cc2)ccc1OCC(=O)O. The van der Waals surface area contributed by atoms with Crippen molar-refractivity contribution in [2.24, 2.45) is 5.10 Å². The molecule has 3 rings (SSSR count). The van der Waals surface area contributed by atoms with Crippen molar-refractivity contribution in [3.63, 3.8) is 0 Å². The van der Waals surface area contributed by atoms with Gasteiger partial charge in [0.25, 0.3) is 5.91 Å². The first-order valence-electron chi connectivity index (χ1n) is 9.28. The molecule has 0 atom stereocenters. The van der Waals surface area contributed by atoms with Gasteiger partial charge in [0.15, 0.2) is 18.1 Å². The number of carbonyl (C=O) groups excluding carboxylic acids is 1. The number of carboxylic acid groups (broad SMARTS) is 1. The summed E-state index contributed by atoms with van der Waals surface area (Å²) in [5, 5.41) is 12.7. The Labute approximate surface area is 168 Å². The van der Waals surface area contributed by atoms with Crippen molar-refractivity contribution in [3.8, 4) is 11.5 Å². The number of rotatable bonds is 8. The molecule has 0 aliphatic carbocycles. The maximum atomic E-state index is 12.3. The standard InChI is InChI=1S/C21H23N3O5/c1-28-19-12-15(4-9-18(19)29-14-20(25)26)13-22-23-21(27)16-5-7-17(8-6-16)24-10-2-3-11-24/h4-9,12-13H,2-3,10-11,14H2,1H3,(H,23,27)(H,25,26)/b22-13-. The first-order valence-corrected chi connectivity index (χ1v) is 9.28. The van der Waals surface area contributed by atoms with Crippen LogP contribution in [0.1, 0.15) is 28.8 Å². The second kappa shape index (κ2) is 9.59. The number of hydrogen-bond donors (Lipinski definition) is 2. The fourth-order valence-electron chi connectivity index (χ4n) is 3.05. The Morgan fingerprint density at radius 3 is 2.52 bits per heavy atom. The van der Waals surface area contributed by atoms with Crippen LogP contribution in [0.3, 0.4) is 0 Å². The molecule has 0 saturated carbocycles. The Bertz CT molecular complexity index is 890. The summed E-state index contributed by atoms with van der Waals surface area (Å²) in [6.07, 6.45) is 3.88. The number of carboxylic acids is 1. The highest BCUT2D eigenvalue weighted by atomic mass is 16.5. The molecule has 1 fully saturated rings. The van der Waals surface area contributed by atoms with Gasteiger partial charge >= 0.3 is 5.97 Å². The van der Waals surface area contributed by atoms with Crippen LogP contribution in [0.2, 0.25) is 0 Å². The number of carbonyl (C=O) groups is 2. The van der Waals surface area contributed by atoms with E-state index in [1.807, 2.05) is 12.1 Å². The molecule has 0 aromatic heterocycles. The maximum absolute atomic E-state index is 12.3. The zero-order valence-electron chi connectivity index (χ0n) is 16.1. The summed E-state index contributed by atoms with van der Waals surface area (Å²) in [7, 11) is 1.46. The molecule has 0 bridgehead atoms. The molecule has 0 radical (unpaired) electrons. The van der Waals surface area contributed by atoms with E-state index >= 15 is 0 Å². The average molecular weight is 397 g/mol. The Balaban J connectivity index is 1.58. The van der Waals surface area contributed by atoms with Gasteiger partial charge in [0, 0.05) is 24.3 Å². The van der Waals surface area contributed by atoms with Crippen LogP contribution in [-0.4, -0.2) is 50.0 Å².